The number of carboxylic acid groups (broad SMARTS) is 2. The van der Waals surface area contributed by atoms with Gasteiger partial charge in [0.25, 0.3) is 0 Å². The van der Waals surface area contributed by atoms with Crippen molar-refractivity contribution < 1.29 is 19.8 Å². The van der Waals surface area contributed by atoms with Gasteiger partial charge in [-0.05, 0) is 66.2 Å². The lowest BCUT2D eigenvalue weighted by Gasteiger charge is -2.18. The Kier molecular flexibility index (Phi) is 11.5. The van der Waals surface area contributed by atoms with Crippen LogP contribution in [0, 0.1) is 10.8 Å². The van der Waals surface area contributed by atoms with Gasteiger partial charge in [0.1, 0.15) is 0 Å². The highest BCUT2D eigenvalue weighted by Gasteiger charge is 2.26. The topological polar surface area (TPSA) is 74.6 Å². The maximum atomic E-state index is 11.0. The van der Waals surface area contributed by atoms with Crippen LogP contribution in [0.4, 0.5) is 0 Å². The molecule has 4 nitrogen and oxygen atoms in total. The van der Waals surface area contributed by atoms with E-state index in [4.69, 9.17) is 10.2 Å². The summed E-state index contributed by atoms with van der Waals surface area (Å²) in [6.45, 7) is 7.16. The Labute approximate surface area is 153 Å². The van der Waals surface area contributed by atoms with Gasteiger partial charge in [-0.2, -0.15) is 0 Å². The van der Waals surface area contributed by atoms with Crippen LogP contribution in [-0.4, -0.2) is 22.2 Å². The molecule has 0 aliphatic rings. The molecule has 4 heteroatoms. The average Bonchev–Trinajstić information content (AvgIpc) is 2.51. The van der Waals surface area contributed by atoms with Gasteiger partial charge in [0, 0.05) is 0 Å². The standard InChI is InChI=1S/C21H38O4/c1-20(2,18(22)23)16-14-12-10-8-6-5-7-9-11-13-15-17-21(3,4)19(24)25/h5-6H,7-17H2,1-4H3,(H,22,23)(H,24,25)/b6-5+. The highest BCUT2D eigenvalue weighted by molar-refractivity contribution is 5.73. The van der Waals surface area contributed by atoms with Crippen molar-refractivity contribution in [3.63, 3.8) is 0 Å². The van der Waals surface area contributed by atoms with Crippen molar-refractivity contribution in [2.45, 2.75) is 98.3 Å². The molecule has 0 saturated heterocycles. The SMILES string of the molecule is CC(C)(CCCCC/C=C/CCCCCCC(C)(C)C(=O)O)C(=O)O. The molecule has 0 aliphatic heterocycles. The van der Waals surface area contributed by atoms with E-state index in [1.165, 1.54) is 0 Å². The van der Waals surface area contributed by atoms with Crippen LogP contribution in [0.1, 0.15) is 98.3 Å². The van der Waals surface area contributed by atoms with Crippen LogP contribution in [0.3, 0.4) is 0 Å². The lowest BCUT2D eigenvalue weighted by atomic mass is 9.87. The minimum Gasteiger partial charge on any atom is -0.481 e. The molecule has 0 aromatic heterocycles. The Morgan fingerprint density at radius 1 is 0.640 bits per heavy atom. The quantitative estimate of drug-likeness (QED) is 0.277. The fourth-order valence-electron chi connectivity index (χ4n) is 2.64. The van der Waals surface area contributed by atoms with Crippen LogP contribution in [0.5, 0.6) is 0 Å². The van der Waals surface area contributed by atoms with Gasteiger partial charge in [0.2, 0.25) is 0 Å². The Hall–Kier alpha value is -1.32. The predicted octanol–water partition coefficient (Wildman–Crippen LogP) is 6.06. The van der Waals surface area contributed by atoms with E-state index >= 15 is 0 Å². The zero-order chi connectivity index (χ0) is 19.3. The third kappa shape index (κ3) is 11.8. The predicted molar refractivity (Wildman–Crippen MR) is 103 cm³/mol. The molecule has 0 radical (unpaired) electrons. The molecule has 146 valence electrons. The largest absolute Gasteiger partial charge is 0.481 e. The third-order valence-electron chi connectivity index (χ3n) is 4.92. The van der Waals surface area contributed by atoms with Gasteiger partial charge in [-0.3, -0.25) is 9.59 Å². The molecular formula is C21H38O4. The molecule has 0 aliphatic carbocycles. The first-order chi connectivity index (χ1) is 11.6. The van der Waals surface area contributed by atoms with Crippen molar-refractivity contribution in [2.24, 2.45) is 10.8 Å². The summed E-state index contributed by atoms with van der Waals surface area (Å²) in [6, 6.07) is 0. The summed E-state index contributed by atoms with van der Waals surface area (Å²) in [5, 5.41) is 18.1. The number of hydrogen-bond donors (Lipinski definition) is 2. The lowest BCUT2D eigenvalue weighted by molar-refractivity contribution is -0.148. The molecule has 0 amide bonds. The Bertz CT molecular complexity index is 422. The Balaban J connectivity index is 3.48. The van der Waals surface area contributed by atoms with Crippen molar-refractivity contribution in [3.05, 3.63) is 12.2 Å². The van der Waals surface area contributed by atoms with E-state index in [0.29, 0.717) is 0 Å². The van der Waals surface area contributed by atoms with Crippen molar-refractivity contribution in [1.82, 2.24) is 0 Å². The molecule has 0 heterocycles. The second-order valence-corrected chi connectivity index (χ2v) is 8.40. The van der Waals surface area contributed by atoms with Crippen LogP contribution in [-0.2, 0) is 9.59 Å². The summed E-state index contributed by atoms with van der Waals surface area (Å²) in [7, 11) is 0. The first-order valence-corrected chi connectivity index (χ1v) is 9.71. The van der Waals surface area contributed by atoms with Gasteiger partial charge >= 0.3 is 11.9 Å². The molecule has 0 bridgehead atoms. The third-order valence-corrected chi connectivity index (χ3v) is 4.92. The van der Waals surface area contributed by atoms with E-state index < -0.39 is 22.8 Å². The smallest absolute Gasteiger partial charge is 0.309 e. The Morgan fingerprint density at radius 3 is 1.32 bits per heavy atom. The molecule has 2 N–H and O–H groups in total. The van der Waals surface area contributed by atoms with E-state index in [9.17, 15) is 9.59 Å². The minimum absolute atomic E-state index is 0.598. The van der Waals surface area contributed by atoms with Crippen LogP contribution in [0.25, 0.3) is 0 Å². The summed E-state index contributed by atoms with van der Waals surface area (Å²) < 4.78 is 0. The molecule has 0 rings (SSSR count). The summed E-state index contributed by atoms with van der Waals surface area (Å²) in [5.41, 5.74) is -1.20. The monoisotopic (exact) mass is 354 g/mol. The highest BCUT2D eigenvalue weighted by Crippen LogP contribution is 2.25. The molecule has 0 atom stereocenters. The van der Waals surface area contributed by atoms with E-state index in [1.807, 2.05) is 0 Å². The van der Waals surface area contributed by atoms with Crippen molar-refractivity contribution >= 4 is 11.9 Å². The first-order valence-electron chi connectivity index (χ1n) is 9.71. The maximum Gasteiger partial charge on any atom is 0.309 e. The molecule has 0 aromatic carbocycles. The van der Waals surface area contributed by atoms with Crippen molar-refractivity contribution in [1.29, 1.82) is 0 Å². The summed E-state index contributed by atoms with van der Waals surface area (Å²) >= 11 is 0. The zero-order valence-corrected chi connectivity index (χ0v) is 16.6. The van der Waals surface area contributed by atoms with Crippen LogP contribution in [0.2, 0.25) is 0 Å². The van der Waals surface area contributed by atoms with Gasteiger partial charge in [-0.25, -0.2) is 0 Å². The second kappa shape index (κ2) is 12.1. The molecule has 0 saturated carbocycles. The summed E-state index contributed by atoms with van der Waals surface area (Å²) in [6.07, 6.45) is 15.7. The number of hydrogen-bond acceptors (Lipinski definition) is 2. The minimum atomic E-state index is -0.709. The van der Waals surface area contributed by atoms with E-state index in [0.717, 1.165) is 70.6 Å². The normalized spacial score (nSPS) is 12.6. The van der Waals surface area contributed by atoms with Gasteiger partial charge in [0.15, 0.2) is 0 Å². The van der Waals surface area contributed by atoms with Crippen molar-refractivity contribution in [3.8, 4) is 0 Å². The molecule has 0 aromatic rings. The molecule has 0 fully saturated rings. The first kappa shape index (κ1) is 23.7. The number of aliphatic carboxylic acids is 2. The van der Waals surface area contributed by atoms with Gasteiger partial charge < -0.3 is 10.2 Å². The maximum absolute atomic E-state index is 11.0. The average molecular weight is 355 g/mol. The number of rotatable bonds is 15. The van der Waals surface area contributed by atoms with E-state index in [-0.39, 0.29) is 0 Å². The molecule has 0 spiro atoms. The fraction of sp³-hybridized carbons (Fsp3) is 0.810. The van der Waals surface area contributed by atoms with Gasteiger partial charge in [-0.1, -0.05) is 44.3 Å². The lowest BCUT2D eigenvalue weighted by Crippen LogP contribution is -2.23. The number of unbranched alkanes of at least 4 members (excludes halogenated alkanes) is 7. The fourth-order valence-corrected chi connectivity index (χ4v) is 2.64. The van der Waals surface area contributed by atoms with Gasteiger partial charge in [0.05, 0.1) is 10.8 Å². The van der Waals surface area contributed by atoms with Crippen LogP contribution < -0.4 is 0 Å². The summed E-state index contributed by atoms with van der Waals surface area (Å²) in [5.74, 6) is -1.42. The Morgan fingerprint density at radius 2 is 0.960 bits per heavy atom. The molecule has 0 unspecified atom stereocenters. The highest BCUT2D eigenvalue weighted by atomic mass is 16.4. The number of carbonyl (C=O) groups is 2. The number of carboxylic acids is 2. The number of allylic oxidation sites excluding steroid dienone is 2. The van der Waals surface area contributed by atoms with E-state index in [2.05, 4.69) is 12.2 Å². The van der Waals surface area contributed by atoms with Gasteiger partial charge in [-0.15, -0.1) is 0 Å². The summed E-state index contributed by atoms with van der Waals surface area (Å²) in [4.78, 5) is 22.0. The zero-order valence-electron chi connectivity index (χ0n) is 16.6. The van der Waals surface area contributed by atoms with Crippen molar-refractivity contribution in [2.75, 3.05) is 0 Å². The van der Waals surface area contributed by atoms with Crippen LogP contribution in [0.15, 0.2) is 12.2 Å². The van der Waals surface area contributed by atoms with E-state index in [1.54, 1.807) is 27.7 Å². The molecule has 25 heavy (non-hydrogen) atoms. The molecular weight excluding hydrogens is 316 g/mol. The van der Waals surface area contributed by atoms with Crippen LogP contribution >= 0.6 is 0 Å². The second-order valence-electron chi connectivity index (χ2n) is 8.40.